The quantitative estimate of drug-likeness (QED) is 0.599. The van der Waals surface area contributed by atoms with E-state index >= 15 is 0 Å². The molecule has 38 heavy (non-hydrogen) atoms. The monoisotopic (exact) mass is 525 g/mol. The summed E-state index contributed by atoms with van der Waals surface area (Å²) < 4.78 is 0. The molecule has 0 spiro atoms. The number of fused-ring (bicyclic) bond motifs is 1. The number of likely N-dealkylation sites (tertiary alicyclic amines) is 1. The minimum atomic E-state index is -0.712. The van der Waals surface area contributed by atoms with Crippen molar-refractivity contribution < 1.29 is 14.4 Å². The maximum atomic E-state index is 14.0. The number of aromatic nitrogens is 2. The molecular weight excluding hydrogens is 482 g/mol. The van der Waals surface area contributed by atoms with E-state index in [2.05, 4.69) is 44.5 Å². The summed E-state index contributed by atoms with van der Waals surface area (Å²) in [6.07, 6.45) is 6.36. The van der Waals surface area contributed by atoms with E-state index < -0.39 is 12.1 Å². The Morgan fingerprint density at radius 2 is 1.74 bits per heavy atom. The summed E-state index contributed by atoms with van der Waals surface area (Å²) in [5.41, 5.74) is 3.06. The molecular formula is C28H43N7O3. The molecule has 2 atom stereocenters. The Kier molecular flexibility index (Phi) is 8.50. The number of amides is 2. The van der Waals surface area contributed by atoms with Crippen LogP contribution >= 0.6 is 0 Å². The fourth-order valence-electron chi connectivity index (χ4n) is 6.18. The van der Waals surface area contributed by atoms with Crippen molar-refractivity contribution in [3.63, 3.8) is 0 Å². The predicted molar refractivity (Wildman–Crippen MR) is 147 cm³/mol. The summed E-state index contributed by atoms with van der Waals surface area (Å²) in [6, 6.07) is 3.96. The molecule has 208 valence electrons. The highest BCUT2D eigenvalue weighted by molar-refractivity contribution is 5.87. The molecule has 1 aromatic carbocycles. The Morgan fingerprint density at radius 3 is 2.45 bits per heavy atom. The maximum absolute atomic E-state index is 14.0. The van der Waals surface area contributed by atoms with Crippen molar-refractivity contribution in [3.05, 3.63) is 29.5 Å². The third-order valence-corrected chi connectivity index (χ3v) is 8.69. The summed E-state index contributed by atoms with van der Waals surface area (Å²) in [6.45, 7) is 11.3. The molecule has 3 fully saturated rings. The van der Waals surface area contributed by atoms with Crippen molar-refractivity contribution in [3.8, 4) is 0 Å². The Labute approximate surface area is 225 Å². The highest BCUT2D eigenvalue weighted by atomic mass is 16.7. The van der Waals surface area contributed by atoms with Gasteiger partial charge in [-0.3, -0.25) is 14.8 Å². The normalized spacial score (nSPS) is 22.3. The van der Waals surface area contributed by atoms with Crippen LogP contribution in [0.5, 0.6) is 0 Å². The number of piperazine rings is 1. The average Bonchev–Trinajstić information content (AvgIpc) is 3.42. The van der Waals surface area contributed by atoms with E-state index in [0.29, 0.717) is 19.1 Å². The zero-order valence-electron chi connectivity index (χ0n) is 23.1. The molecule has 4 heterocycles. The van der Waals surface area contributed by atoms with Gasteiger partial charge in [-0.2, -0.15) is 5.10 Å². The number of carbonyl (C=O) groups is 2. The van der Waals surface area contributed by atoms with Crippen molar-refractivity contribution in [2.75, 3.05) is 59.4 Å². The van der Waals surface area contributed by atoms with Gasteiger partial charge in [-0.05, 0) is 56.8 Å². The van der Waals surface area contributed by atoms with Gasteiger partial charge in [0.2, 0.25) is 5.91 Å². The highest BCUT2D eigenvalue weighted by Gasteiger charge is 2.36. The maximum Gasteiger partial charge on any atom is 0.426 e. The number of likely N-dealkylation sites (N-methyl/N-ethyl adjacent to an activating group) is 1. The molecule has 5 rings (SSSR count). The Morgan fingerprint density at radius 1 is 1.03 bits per heavy atom. The fourth-order valence-corrected chi connectivity index (χ4v) is 6.18. The molecule has 3 saturated heterocycles. The van der Waals surface area contributed by atoms with Gasteiger partial charge in [-0.25, -0.2) is 4.79 Å². The third kappa shape index (κ3) is 6.13. The van der Waals surface area contributed by atoms with E-state index in [1.807, 2.05) is 18.7 Å². The molecule has 2 N–H and O–H groups in total. The largest absolute Gasteiger partial charge is 0.426 e. The first-order chi connectivity index (χ1) is 18.4. The molecule has 10 nitrogen and oxygen atoms in total. The van der Waals surface area contributed by atoms with Gasteiger partial charge in [0.15, 0.2) is 0 Å². The smallest absolute Gasteiger partial charge is 0.351 e. The SMILES string of the molecule is Cc1cc(C(C)C(NC(=O)ON2CCCCC2)C(=O)N2CCC(N3CCN(C)CC3)CC2)cc2cn[nH]c12. The van der Waals surface area contributed by atoms with E-state index in [4.69, 9.17) is 4.84 Å². The van der Waals surface area contributed by atoms with E-state index in [9.17, 15) is 9.59 Å². The Hall–Kier alpha value is -2.69. The van der Waals surface area contributed by atoms with Crippen LogP contribution in [-0.2, 0) is 9.63 Å². The van der Waals surface area contributed by atoms with Crippen molar-refractivity contribution in [2.45, 2.75) is 64.0 Å². The molecule has 10 heteroatoms. The zero-order chi connectivity index (χ0) is 26.6. The highest BCUT2D eigenvalue weighted by Crippen LogP contribution is 2.28. The predicted octanol–water partition coefficient (Wildman–Crippen LogP) is 2.71. The fraction of sp³-hybridized carbons (Fsp3) is 0.679. The summed E-state index contributed by atoms with van der Waals surface area (Å²) in [7, 11) is 2.18. The summed E-state index contributed by atoms with van der Waals surface area (Å²) >= 11 is 0. The molecule has 2 amide bonds. The molecule has 2 aromatic rings. The van der Waals surface area contributed by atoms with Gasteiger partial charge < -0.3 is 20.0 Å². The number of aryl methyl sites for hydroxylation is 1. The van der Waals surface area contributed by atoms with Crippen molar-refractivity contribution in [1.29, 1.82) is 0 Å². The Bertz CT molecular complexity index is 1100. The molecule has 0 aliphatic carbocycles. The number of nitrogens with zero attached hydrogens (tertiary/aromatic N) is 5. The van der Waals surface area contributed by atoms with Crippen LogP contribution in [0.25, 0.3) is 10.9 Å². The van der Waals surface area contributed by atoms with Gasteiger partial charge in [0.05, 0.1) is 11.7 Å². The van der Waals surface area contributed by atoms with Crippen LogP contribution in [0.4, 0.5) is 4.79 Å². The average molecular weight is 526 g/mol. The summed E-state index contributed by atoms with van der Waals surface area (Å²) in [5.74, 6) is -0.264. The van der Waals surface area contributed by atoms with Gasteiger partial charge in [-0.1, -0.05) is 19.4 Å². The standard InChI is InChI=1S/C28H43N7O3/c1-20-17-22(18-23-19-29-31-25(20)23)21(2)26(30-28(37)38-35-9-5-4-6-10-35)27(36)34-11-7-24(8-12-34)33-15-13-32(3)14-16-33/h17-19,21,24,26H,4-16H2,1-3H3,(H,29,31)(H,30,37). The number of nitrogens with one attached hydrogen (secondary N) is 2. The lowest BCUT2D eigenvalue weighted by atomic mass is 9.89. The van der Waals surface area contributed by atoms with Gasteiger partial charge >= 0.3 is 6.09 Å². The van der Waals surface area contributed by atoms with E-state index in [0.717, 1.165) is 93.4 Å². The molecule has 0 saturated carbocycles. The second-order valence-electron chi connectivity index (χ2n) is 11.3. The topological polar surface area (TPSA) is 97.0 Å². The van der Waals surface area contributed by atoms with Crippen LogP contribution in [-0.4, -0.2) is 113 Å². The number of carbonyl (C=O) groups excluding carboxylic acids is 2. The van der Waals surface area contributed by atoms with Gasteiger partial charge in [-0.15, -0.1) is 5.06 Å². The first-order valence-corrected chi connectivity index (χ1v) is 14.3. The van der Waals surface area contributed by atoms with Crippen LogP contribution in [0, 0.1) is 6.92 Å². The number of H-pyrrole nitrogens is 1. The van der Waals surface area contributed by atoms with Crippen LogP contribution in [0.1, 0.15) is 56.1 Å². The van der Waals surface area contributed by atoms with Gasteiger partial charge in [0.25, 0.3) is 0 Å². The molecule has 3 aliphatic heterocycles. The third-order valence-electron chi connectivity index (χ3n) is 8.69. The lowest BCUT2D eigenvalue weighted by molar-refractivity contribution is -0.137. The van der Waals surface area contributed by atoms with Crippen molar-refractivity contribution in [2.24, 2.45) is 0 Å². The van der Waals surface area contributed by atoms with Crippen molar-refractivity contribution >= 4 is 22.9 Å². The number of piperidine rings is 2. The summed E-state index contributed by atoms with van der Waals surface area (Å²) in [4.78, 5) is 39.5. The lowest BCUT2D eigenvalue weighted by Gasteiger charge is -2.43. The van der Waals surface area contributed by atoms with E-state index in [1.54, 1.807) is 11.3 Å². The number of rotatable bonds is 6. The number of hydrogen-bond donors (Lipinski definition) is 2. The minimum absolute atomic E-state index is 0.0325. The first kappa shape index (κ1) is 26.9. The molecule has 0 radical (unpaired) electrons. The van der Waals surface area contributed by atoms with Crippen LogP contribution in [0.2, 0.25) is 0 Å². The van der Waals surface area contributed by atoms with Crippen LogP contribution in [0.15, 0.2) is 18.3 Å². The number of hydroxylamine groups is 2. The number of hydrogen-bond acceptors (Lipinski definition) is 7. The van der Waals surface area contributed by atoms with Crippen LogP contribution < -0.4 is 5.32 Å². The van der Waals surface area contributed by atoms with Crippen molar-refractivity contribution in [1.82, 2.24) is 35.3 Å². The zero-order valence-corrected chi connectivity index (χ0v) is 23.1. The lowest BCUT2D eigenvalue weighted by Crippen LogP contribution is -2.56. The second-order valence-corrected chi connectivity index (χ2v) is 11.3. The van der Waals surface area contributed by atoms with Gasteiger partial charge in [0, 0.05) is 69.7 Å². The number of benzene rings is 1. The van der Waals surface area contributed by atoms with E-state index in [1.165, 1.54) is 0 Å². The van der Waals surface area contributed by atoms with Crippen LogP contribution in [0.3, 0.4) is 0 Å². The summed E-state index contributed by atoms with van der Waals surface area (Å²) in [5, 5.41) is 12.9. The Balaban J connectivity index is 1.29. The number of aromatic amines is 1. The van der Waals surface area contributed by atoms with Gasteiger partial charge in [0.1, 0.15) is 6.04 Å². The molecule has 0 bridgehead atoms. The second kappa shape index (κ2) is 12.0. The first-order valence-electron chi connectivity index (χ1n) is 14.3. The molecule has 3 aliphatic rings. The molecule has 2 unspecified atom stereocenters. The van der Waals surface area contributed by atoms with E-state index in [-0.39, 0.29) is 11.8 Å². The minimum Gasteiger partial charge on any atom is -0.351 e. The molecule has 1 aromatic heterocycles.